The van der Waals surface area contributed by atoms with E-state index in [2.05, 4.69) is 9.88 Å². The molecule has 2 aromatic rings. The number of benzene rings is 1. The summed E-state index contributed by atoms with van der Waals surface area (Å²) in [5.41, 5.74) is 8.16. The van der Waals surface area contributed by atoms with Gasteiger partial charge in [0.1, 0.15) is 11.9 Å². The maximum absolute atomic E-state index is 12.6. The molecule has 1 fully saturated rings. The van der Waals surface area contributed by atoms with Gasteiger partial charge in [0.15, 0.2) is 0 Å². The quantitative estimate of drug-likeness (QED) is 0.928. The van der Waals surface area contributed by atoms with E-state index in [0.717, 1.165) is 30.0 Å². The van der Waals surface area contributed by atoms with Gasteiger partial charge in [-0.25, -0.2) is 4.98 Å². The smallest absolute Gasteiger partial charge is 0.244 e. The Morgan fingerprint density at radius 3 is 2.38 bits per heavy atom. The molecular weight excluding hydrogens is 324 g/mol. The molecule has 0 bridgehead atoms. The number of piperazine rings is 1. The average Bonchev–Trinajstić information content (AvgIpc) is 2.62. The summed E-state index contributed by atoms with van der Waals surface area (Å²) in [6, 6.07) is 10.9. The number of hydrogen-bond donors (Lipinski definition) is 1. The van der Waals surface area contributed by atoms with Crippen molar-refractivity contribution in [1.82, 2.24) is 9.88 Å². The van der Waals surface area contributed by atoms with Gasteiger partial charge in [-0.2, -0.15) is 0 Å². The molecule has 1 aromatic carbocycles. The van der Waals surface area contributed by atoms with Crippen LogP contribution < -0.4 is 10.6 Å². The Bertz CT molecular complexity index is 694. The van der Waals surface area contributed by atoms with Crippen molar-refractivity contribution in [2.45, 2.75) is 13.0 Å². The molecule has 126 valence electrons. The summed E-state index contributed by atoms with van der Waals surface area (Å²) in [5.74, 6) is 0.858. The highest BCUT2D eigenvalue weighted by atomic mass is 35.5. The zero-order chi connectivity index (χ0) is 17.1. The van der Waals surface area contributed by atoms with Crippen LogP contribution >= 0.6 is 11.6 Å². The first kappa shape index (κ1) is 16.7. The van der Waals surface area contributed by atoms with Gasteiger partial charge in [0, 0.05) is 32.4 Å². The summed E-state index contributed by atoms with van der Waals surface area (Å²) in [6.45, 7) is 4.77. The molecule has 0 radical (unpaired) electrons. The van der Waals surface area contributed by atoms with E-state index in [-0.39, 0.29) is 5.91 Å². The van der Waals surface area contributed by atoms with Crippen LogP contribution in [-0.2, 0) is 4.79 Å². The van der Waals surface area contributed by atoms with Gasteiger partial charge < -0.3 is 15.5 Å². The number of nitrogens with two attached hydrogens (primary N) is 1. The molecule has 1 atom stereocenters. The molecule has 1 aliphatic rings. The standard InChI is InChI=1S/C18H21ClN4O/c1-13-2-4-14(5-3-13)17(20)18(24)23-10-8-22(9-11-23)16-7-6-15(19)12-21-16/h2-7,12,17H,8-11,20H2,1H3. The van der Waals surface area contributed by atoms with Gasteiger partial charge in [-0.1, -0.05) is 41.4 Å². The first-order valence-corrected chi connectivity index (χ1v) is 8.40. The van der Waals surface area contributed by atoms with E-state index in [0.29, 0.717) is 18.1 Å². The van der Waals surface area contributed by atoms with E-state index in [1.54, 1.807) is 6.20 Å². The number of carbonyl (C=O) groups excluding carboxylic acids is 1. The highest BCUT2D eigenvalue weighted by Gasteiger charge is 2.26. The second kappa shape index (κ2) is 7.20. The fraction of sp³-hybridized carbons (Fsp3) is 0.333. The molecule has 0 aliphatic carbocycles. The van der Waals surface area contributed by atoms with Gasteiger partial charge in [0.05, 0.1) is 5.02 Å². The SMILES string of the molecule is Cc1ccc(C(N)C(=O)N2CCN(c3ccc(Cl)cn3)CC2)cc1. The van der Waals surface area contributed by atoms with E-state index in [9.17, 15) is 4.79 Å². The van der Waals surface area contributed by atoms with Crippen LogP contribution in [0.15, 0.2) is 42.6 Å². The fourth-order valence-corrected chi connectivity index (χ4v) is 2.94. The van der Waals surface area contributed by atoms with E-state index in [1.165, 1.54) is 0 Å². The number of aromatic nitrogens is 1. The third-order valence-electron chi connectivity index (χ3n) is 4.33. The normalized spacial score (nSPS) is 16.1. The zero-order valence-corrected chi connectivity index (χ0v) is 14.4. The molecular formula is C18H21ClN4O. The minimum atomic E-state index is -0.606. The monoisotopic (exact) mass is 344 g/mol. The van der Waals surface area contributed by atoms with E-state index < -0.39 is 6.04 Å². The largest absolute Gasteiger partial charge is 0.353 e. The fourth-order valence-electron chi connectivity index (χ4n) is 2.82. The van der Waals surface area contributed by atoms with Crippen molar-refractivity contribution in [3.8, 4) is 0 Å². The average molecular weight is 345 g/mol. The van der Waals surface area contributed by atoms with Crippen molar-refractivity contribution < 1.29 is 4.79 Å². The van der Waals surface area contributed by atoms with E-state index in [1.807, 2.05) is 48.2 Å². The summed E-state index contributed by atoms with van der Waals surface area (Å²) in [6.07, 6.45) is 1.64. The topological polar surface area (TPSA) is 62.5 Å². The molecule has 0 spiro atoms. The highest BCUT2D eigenvalue weighted by molar-refractivity contribution is 6.30. The molecule has 1 aromatic heterocycles. The summed E-state index contributed by atoms with van der Waals surface area (Å²) >= 11 is 5.87. The second-order valence-electron chi connectivity index (χ2n) is 6.04. The van der Waals surface area contributed by atoms with Gasteiger partial charge in [0.2, 0.25) is 5.91 Å². The number of amides is 1. The zero-order valence-electron chi connectivity index (χ0n) is 13.7. The van der Waals surface area contributed by atoms with Crippen LogP contribution in [0.2, 0.25) is 5.02 Å². The summed E-state index contributed by atoms with van der Waals surface area (Å²) < 4.78 is 0. The molecule has 1 saturated heterocycles. The summed E-state index contributed by atoms with van der Waals surface area (Å²) in [5, 5.41) is 0.622. The Labute approximate surface area is 147 Å². The van der Waals surface area contributed by atoms with Crippen LogP contribution in [0.3, 0.4) is 0 Å². The Morgan fingerprint density at radius 2 is 1.79 bits per heavy atom. The van der Waals surface area contributed by atoms with Crippen LogP contribution in [-0.4, -0.2) is 42.0 Å². The van der Waals surface area contributed by atoms with Gasteiger partial charge >= 0.3 is 0 Å². The highest BCUT2D eigenvalue weighted by Crippen LogP contribution is 2.19. The lowest BCUT2D eigenvalue weighted by Crippen LogP contribution is -2.51. The number of halogens is 1. The number of anilines is 1. The van der Waals surface area contributed by atoms with Crippen molar-refractivity contribution in [3.63, 3.8) is 0 Å². The van der Waals surface area contributed by atoms with E-state index in [4.69, 9.17) is 17.3 Å². The molecule has 6 heteroatoms. The summed E-state index contributed by atoms with van der Waals surface area (Å²) in [4.78, 5) is 20.9. The van der Waals surface area contributed by atoms with Gasteiger partial charge in [0.25, 0.3) is 0 Å². The molecule has 3 rings (SSSR count). The Morgan fingerprint density at radius 1 is 1.12 bits per heavy atom. The lowest BCUT2D eigenvalue weighted by molar-refractivity contribution is -0.133. The maximum atomic E-state index is 12.6. The lowest BCUT2D eigenvalue weighted by atomic mass is 10.0. The lowest BCUT2D eigenvalue weighted by Gasteiger charge is -2.36. The number of pyridine rings is 1. The maximum Gasteiger partial charge on any atom is 0.244 e. The summed E-state index contributed by atoms with van der Waals surface area (Å²) in [7, 11) is 0. The van der Waals surface area contributed by atoms with Crippen LogP contribution in [0.1, 0.15) is 17.2 Å². The van der Waals surface area contributed by atoms with Crippen molar-refractivity contribution in [1.29, 1.82) is 0 Å². The van der Waals surface area contributed by atoms with Crippen molar-refractivity contribution in [2.75, 3.05) is 31.1 Å². The molecule has 2 N–H and O–H groups in total. The van der Waals surface area contributed by atoms with Gasteiger partial charge in [-0.3, -0.25) is 4.79 Å². The Hall–Kier alpha value is -2.11. The molecule has 24 heavy (non-hydrogen) atoms. The Kier molecular flexibility index (Phi) is 5.02. The number of carbonyl (C=O) groups is 1. The molecule has 2 heterocycles. The third-order valence-corrected chi connectivity index (χ3v) is 4.55. The van der Waals surface area contributed by atoms with Crippen molar-refractivity contribution >= 4 is 23.3 Å². The minimum Gasteiger partial charge on any atom is -0.353 e. The van der Waals surface area contributed by atoms with Crippen molar-refractivity contribution in [3.05, 3.63) is 58.7 Å². The number of hydrogen-bond acceptors (Lipinski definition) is 4. The number of nitrogens with zero attached hydrogens (tertiary/aromatic N) is 3. The van der Waals surface area contributed by atoms with Gasteiger partial charge in [-0.15, -0.1) is 0 Å². The first-order chi connectivity index (χ1) is 11.5. The molecule has 0 saturated carbocycles. The predicted molar refractivity (Wildman–Crippen MR) is 96.1 cm³/mol. The number of rotatable bonds is 3. The predicted octanol–water partition coefficient (Wildman–Crippen LogP) is 2.39. The third kappa shape index (κ3) is 3.68. The van der Waals surface area contributed by atoms with Crippen LogP contribution in [0.25, 0.3) is 0 Å². The minimum absolute atomic E-state index is 0.0254. The van der Waals surface area contributed by atoms with Crippen molar-refractivity contribution in [2.24, 2.45) is 5.73 Å². The van der Waals surface area contributed by atoms with Crippen LogP contribution in [0.5, 0.6) is 0 Å². The molecule has 5 nitrogen and oxygen atoms in total. The molecule has 1 amide bonds. The van der Waals surface area contributed by atoms with Gasteiger partial charge in [-0.05, 0) is 24.6 Å². The van der Waals surface area contributed by atoms with Crippen LogP contribution in [0.4, 0.5) is 5.82 Å². The molecule has 1 unspecified atom stereocenters. The Balaban J connectivity index is 1.60. The first-order valence-electron chi connectivity index (χ1n) is 8.02. The van der Waals surface area contributed by atoms with Crippen LogP contribution in [0, 0.1) is 6.92 Å². The second-order valence-corrected chi connectivity index (χ2v) is 6.47. The number of aryl methyl sites for hydroxylation is 1. The molecule has 1 aliphatic heterocycles. The van der Waals surface area contributed by atoms with E-state index >= 15 is 0 Å².